The van der Waals surface area contributed by atoms with Crippen LogP contribution < -0.4 is 17.3 Å². The molecule has 0 aliphatic rings. The lowest BCUT2D eigenvalue weighted by Gasteiger charge is -2.10. The number of rotatable bonds is 3. The fourth-order valence-corrected chi connectivity index (χ4v) is 1.55. The summed E-state index contributed by atoms with van der Waals surface area (Å²) in [4.78, 5) is 0. The van der Waals surface area contributed by atoms with Gasteiger partial charge in [-0.3, -0.25) is 0 Å². The molecule has 0 aliphatic heterocycles. The average molecular weight is 234 g/mol. The minimum absolute atomic E-state index is 0.126. The zero-order valence-corrected chi connectivity index (χ0v) is 9.11. The van der Waals surface area contributed by atoms with Gasteiger partial charge >= 0.3 is 0 Å². The summed E-state index contributed by atoms with van der Waals surface area (Å²) < 4.78 is 1.17. The van der Waals surface area contributed by atoms with Gasteiger partial charge in [0.05, 0.1) is 6.04 Å². The number of nitrogens with zero attached hydrogens (tertiary/aromatic N) is 3. The number of aromatic hydroxyl groups is 1. The number of nitrogen functional groups attached to an aromatic ring is 2. The zero-order chi connectivity index (χ0) is 12.4. The van der Waals surface area contributed by atoms with Crippen LogP contribution in [0, 0.1) is 0 Å². The van der Waals surface area contributed by atoms with Gasteiger partial charge in [0.25, 0.3) is 0 Å². The van der Waals surface area contributed by atoms with E-state index in [-0.39, 0.29) is 11.7 Å². The molecule has 7 heteroatoms. The summed E-state index contributed by atoms with van der Waals surface area (Å²) in [6, 6.07) is 6.38. The van der Waals surface area contributed by atoms with Crippen LogP contribution in [0.5, 0.6) is 5.75 Å². The molecule has 0 spiro atoms. The molecule has 2 rings (SSSR count). The highest BCUT2D eigenvalue weighted by Gasteiger charge is 2.15. The van der Waals surface area contributed by atoms with Gasteiger partial charge < -0.3 is 22.4 Å². The van der Waals surface area contributed by atoms with E-state index in [0.29, 0.717) is 12.2 Å². The normalized spacial score (nSPS) is 12.5. The smallest absolute Gasteiger partial charge is 0.240 e. The first kappa shape index (κ1) is 11.2. The Morgan fingerprint density at radius 3 is 2.41 bits per heavy atom. The first-order chi connectivity index (χ1) is 8.08. The highest BCUT2D eigenvalue weighted by Crippen LogP contribution is 2.16. The third-order valence-electron chi connectivity index (χ3n) is 2.47. The van der Waals surface area contributed by atoms with Crippen molar-refractivity contribution in [1.82, 2.24) is 14.9 Å². The molecule has 90 valence electrons. The molecule has 0 bridgehead atoms. The summed E-state index contributed by atoms with van der Waals surface area (Å²) in [5.74, 6) is 6.40. The van der Waals surface area contributed by atoms with Gasteiger partial charge in [-0.25, -0.2) is 4.68 Å². The minimum atomic E-state index is -0.394. The van der Waals surface area contributed by atoms with Crippen LogP contribution in [0.25, 0.3) is 0 Å². The number of benzene rings is 1. The van der Waals surface area contributed by atoms with E-state index in [2.05, 4.69) is 10.2 Å². The van der Waals surface area contributed by atoms with Crippen molar-refractivity contribution in [2.75, 3.05) is 11.6 Å². The molecule has 7 N–H and O–H groups in total. The van der Waals surface area contributed by atoms with E-state index in [0.717, 1.165) is 5.56 Å². The zero-order valence-electron chi connectivity index (χ0n) is 9.11. The second-order valence-electron chi connectivity index (χ2n) is 3.76. The van der Waals surface area contributed by atoms with E-state index in [1.807, 2.05) is 0 Å². The van der Waals surface area contributed by atoms with Crippen molar-refractivity contribution in [3.63, 3.8) is 0 Å². The molecule has 0 unspecified atom stereocenters. The molecule has 1 aromatic carbocycles. The van der Waals surface area contributed by atoms with Crippen LogP contribution in [0.3, 0.4) is 0 Å². The van der Waals surface area contributed by atoms with Crippen LogP contribution in [0.15, 0.2) is 24.3 Å². The predicted molar refractivity (Wildman–Crippen MR) is 63.3 cm³/mol. The molecule has 0 saturated carbocycles. The molecule has 1 aromatic heterocycles. The number of anilines is 1. The van der Waals surface area contributed by atoms with E-state index in [4.69, 9.17) is 22.4 Å². The molecule has 0 amide bonds. The van der Waals surface area contributed by atoms with Gasteiger partial charge in [0.15, 0.2) is 5.82 Å². The largest absolute Gasteiger partial charge is 0.508 e. The maximum atomic E-state index is 9.16. The van der Waals surface area contributed by atoms with E-state index < -0.39 is 6.04 Å². The lowest BCUT2D eigenvalue weighted by molar-refractivity contribution is 0.475. The Morgan fingerprint density at radius 2 is 1.88 bits per heavy atom. The van der Waals surface area contributed by atoms with Crippen LogP contribution in [0.2, 0.25) is 0 Å². The van der Waals surface area contributed by atoms with Gasteiger partial charge in [-0.15, -0.1) is 10.2 Å². The molecule has 0 aliphatic carbocycles. The number of aromatic nitrogens is 3. The number of nitrogens with two attached hydrogens (primary N) is 3. The second-order valence-corrected chi connectivity index (χ2v) is 3.76. The van der Waals surface area contributed by atoms with Crippen molar-refractivity contribution in [3.05, 3.63) is 35.7 Å². The van der Waals surface area contributed by atoms with Gasteiger partial charge in [-0.2, -0.15) is 0 Å². The van der Waals surface area contributed by atoms with Crippen LogP contribution in [-0.4, -0.2) is 20.0 Å². The molecule has 0 saturated heterocycles. The lowest BCUT2D eigenvalue weighted by atomic mass is 10.1. The van der Waals surface area contributed by atoms with Crippen molar-refractivity contribution in [1.29, 1.82) is 0 Å². The summed E-state index contributed by atoms with van der Waals surface area (Å²) in [5, 5.41) is 16.6. The van der Waals surface area contributed by atoms with Crippen molar-refractivity contribution < 1.29 is 5.11 Å². The topological polar surface area (TPSA) is 129 Å². The molecule has 1 heterocycles. The predicted octanol–water partition coefficient (Wildman–Crippen LogP) is -0.478. The quantitative estimate of drug-likeness (QED) is 0.531. The van der Waals surface area contributed by atoms with Crippen molar-refractivity contribution >= 4 is 5.95 Å². The van der Waals surface area contributed by atoms with Gasteiger partial charge in [0, 0.05) is 0 Å². The molecule has 0 fully saturated rings. The molecular weight excluding hydrogens is 220 g/mol. The van der Waals surface area contributed by atoms with Gasteiger partial charge in [0.1, 0.15) is 5.75 Å². The fourth-order valence-electron chi connectivity index (χ4n) is 1.55. The Hall–Kier alpha value is -2.28. The van der Waals surface area contributed by atoms with Crippen LogP contribution in [-0.2, 0) is 6.42 Å². The first-order valence-electron chi connectivity index (χ1n) is 5.07. The van der Waals surface area contributed by atoms with E-state index >= 15 is 0 Å². The first-order valence-corrected chi connectivity index (χ1v) is 5.07. The van der Waals surface area contributed by atoms with Crippen LogP contribution >= 0.6 is 0 Å². The van der Waals surface area contributed by atoms with Crippen LogP contribution in [0.4, 0.5) is 5.95 Å². The van der Waals surface area contributed by atoms with Crippen molar-refractivity contribution in [2.24, 2.45) is 5.73 Å². The summed E-state index contributed by atoms with van der Waals surface area (Å²) in [6.45, 7) is 0. The molecule has 17 heavy (non-hydrogen) atoms. The number of phenols is 1. The molecule has 7 nitrogen and oxygen atoms in total. The highest BCUT2D eigenvalue weighted by molar-refractivity contribution is 5.27. The average Bonchev–Trinajstić information content (AvgIpc) is 2.63. The fraction of sp³-hybridized carbons (Fsp3) is 0.200. The van der Waals surface area contributed by atoms with Crippen molar-refractivity contribution in [2.45, 2.75) is 12.5 Å². The summed E-state index contributed by atoms with van der Waals surface area (Å²) in [6.07, 6.45) is 0.537. The molecular formula is C10H14N6O. The Morgan fingerprint density at radius 1 is 1.24 bits per heavy atom. The maximum Gasteiger partial charge on any atom is 0.240 e. The number of hydrogen-bond acceptors (Lipinski definition) is 6. The van der Waals surface area contributed by atoms with Crippen LogP contribution in [0.1, 0.15) is 17.4 Å². The van der Waals surface area contributed by atoms with E-state index in [1.54, 1.807) is 24.3 Å². The molecule has 1 atom stereocenters. The summed E-state index contributed by atoms with van der Waals surface area (Å²) >= 11 is 0. The monoisotopic (exact) mass is 234 g/mol. The van der Waals surface area contributed by atoms with Gasteiger partial charge in [-0.05, 0) is 24.1 Å². The Bertz CT molecular complexity index is 506. The number of hydrogen-bond donors (Lipinski definition) is 4. The Kier molecular flexibility index (Phi) is 2.84. The Labute approximate surface area is 97.8 Å². The third kappa shape index (κ3) is 2.28. The minimum Gasteiger partial charge on any atom is -0.508 e. The summed E-state index contributed by atoms with van der Waals surface area (Å²) in [7, 11) is 0. The maximum absolute atomic E-state index is 9.16. The summed E-state index contributed by atoms with van der Waals surface area (Å²) in [5.41, 5.74) is 12.4. The SMILES string of the molecule is Nc1nnc([C@H](N)Cc2ccc(O)cc2)n1N. The van der Waals surface area contributed by atoms with E-state index in [1.165, 1.54) is 4.68 Å². The van der Waals surface area contributed by atoms with Gasteiger partial charge in [-0.1, -0.05) is 12.1 Å². The molecule has 0 radical (unpaired) electrons. The molecule has 2 aromatic rings. The Balaban J connectivity index is 2.14. The standard InChI is InChI=1S/C10H14N6O/c11-8(9-14-15-10(12)16(9)13)5-6-1-3-7(17)4-2-6/h1-4,8,17H,5,11,13H2,(H2,12,15)/t8-/m1/s1. The number of phenolic OH excluding ortho intramolecular Hbond substituents is 1. The lowest BCUT2D eigenvalue weighted by Crippen LogP contribution is -2.23. The van der Waals surface area contributed by atoms with Crippen molar-refractivity contribution in [3.8, 4) is 5.75 Å². The third-order valence-corrected chi connectivity index (χ3v) is 2.47. The van der Waals surface area contributed by atoms with E-state index in [9.17, 15) is 0 Å². The second kappa shape index (κ2) is 4.30. The highest BCUT2D eigenvalue weighted by atomic mass is 16.3. The van der Waals surface area contributed by atoms with Gasteiger partial charge in [0.2, 0.25) is 5.95 Å².